The van der Waals surface area contributed by atoms with Gasteiger partial charge in [-0.1, -0.05) is 22.0 Å². The lowest BCUT2D eigenvalue weighted by molar-refractivity contribution is 0.0935. The first kappa shape index (κ1) is 14.0. The van der Waals surface area contributed by atoms with Gasteiger partial charge in [0.1, 0.15) is 5.75 Å². The normalized spacial score (nSPS) is 12.2. The highest BCUT2D eigenvalue weighted by Crippen LogP contribution is 2.18. The standard InChI is InChI=1S/C13H18BrNO2/c1-9-5-6-11(12(16)8-9)13(17)15-10(2)4-3-7-14/h5-6,8,10,16H,3-4,7H2,1-2H3,(H,15,17). The minimum Gasteiger partial charge on any atom is -0.507 e. The van der Waals surface area contributed by atoms with E-state index in [0.29, 0.717) is 5.56 Å². The van der Waals surface area contributed by atoms with Gasteiger partial charge in [-0.3, -0.25) is 4.79 Å². The van der Waals surface area contributed by atoms with Gasteiger partial charge < -0.3 is 10.4 Å². The van der Waals surface area contributed by atoms with Gasteiger partial charge in [0.15, 0.2) is 0 Å². The Bertz CT molecular complexity index is 393. The Morgan fingerprint density at radius 3 is 2.82 bits per heavy atom. The van der Waals surface area contributed by atoms with Crippen LogP contribution in [0.1, 0.15) is 35.7 Å². The summed E-state index contributed by atoms with van der Waals surface area (Å²) >= 11 is 3.36. The monoisotopic (exact) mass is 299 g/mol. The highest BCUT2D eigenvalue weighted by molar-refractivity contribution is 9.09. The molecule has 4 heteroatoms. The van der Waals surface area contributed by atoms with Crippen molar-refractivity contribution in [2.75, 3.05) is 5.33 Å². The molecule has 0 aliphatic heterocycles. The van der Waals surface area contributed by atoms with E-state index < -0.39 is 0 Å². The van der Waals surface area contributed by atoms with Crippen molar-refractivity contribution >= 4 is 21.8 Å². The van der Waals surface area contributed by atoms with E-state index in [9.17, 15) is 9.90 Å². The predicted octanol–water partition coefficient (Wildman–Crippen LogP) is 2.99. The lowest BCUT2D eigenvalue weighted by Crippen LogP contribution is -2.32. The van der Waals surface area contributed by atoms with Crippen molar-refractivity contribution in [1.82, 2.24) is 5.32 Å². The number of phenolic OH excluding ortho intramolecular Hbond substituents is 1. The number of halogens is 1. The van der Waals surface area contributed by atoms with Crippen LogP contribution in [0.4, 0.5) is 0 Å². The summed E-state index contributed by atoms with van der Waals surface area (Å²) in [5, 5.41) is 13.5. The van der Waals surface area contributed by atoms with Crippen molar-refractivity contribution in [3.8, 4) is 5.75 Å². The topological polar surface area (TPSA) is 49.3 Å². The summed E-state index contributed by atoms with van der Waals surface area (Å²) in [5.74, 6) is -0.181. The van der Waals surface area contributed by atoms with Crippen molar-refractivity contribution in [3.05, 3.63) is 29.3 Å². The van der Waals surface area contributed by atoms with Gasteiger partial charge in [-0.25, -0.2) is 0 Å². The number of amides is 1. The number of rotatable bonds is 5. The maximum absolute atomic E-state index is 11.9. The number of carbonyl (C=O) groups is 1. The molecule has 3 nitrogen and oxygen atoms in total. The Balaban J connectivity index is 2.63. The van der Waals surface area contributed by atoms with E-state index in [0.717, 1.165) is 23.7 Å². The van der Waals surface area contributed by atoms with Crippen LogP contribution in [0.3, 0.4) is 0 Å². The maximum Gasteiger partial charge on any atom is 0.255 e. The number of benzene rings is 1. The largest absolute Gasteiger partial charge is 0.507 e. The van der Waals surface area contributed by atoms with Gasteiger partial charge in [0.05, 0.1) is 5.56 Å². The van der Waals surface area contributed by atoms with Crippen molar-refractivity contribution in [3.63, 3.8) is 0 Å². The Hall–Kier alpha value is -1.03. The van der Waals surface area contributed by atoms with Crippen molar-refractivity contribution < 1.29 is 9.90 Å². The molecule has 1 atom stereocenters. The lowest BCUT2D eigenvalue weighted by atomic mass is 10.1. The van der Waals surface area contributed by atoms with E-state index in [2.05, 4.69) is 21.2 Å². The van der Waals surface area contributed by atoms with Gasteiger partial charge in [-0.15, -0.1) is 0 Å². The summed E-state index contributed by atoms with van der Waals surface area (Å²) in [4.78, 5) is 11.9. The van der Waals surface area contributed by atoms with Crippen LogP contribution in [0.15, 0.2) is 18.2 Å². The summed E-state index contributed by atoms with van der Waals surface area (Å²) in [5.41, 5.74) is 1.27. The number of carbonyl (C=O) groups excluding carboxylic acids is 1. The summed E-state index contributed by atoms with van der Waals surface area (Å²) < 4.78 is 0. The summed E-state index contributed by atoms with van der Waals surface area (Å²) in [6.07, 6.45) is 1.94. The van der Waals surface area contributed by atoms with Gasteiger partial charge in [-0.05, 0) is 44.4 Å². The van der Waals surface area contributed by atoms with Crippen LogP contribution in [0.25, 0.3) is 0 Å². The SMILES string of the molecule is Cc1ccc(C(=O)NC(C)CCCBr)c(O)c1. The maximum atomic E-state index is 11.9. The number of aromatic hydroxyl groups is 1. The molecule has 0 aliphatic carbocycles. The average molecular weight is 300 g/mol. The van der Waals surface area contributed by atoms with Crippen LogP contribution in [-0.2, 0) is 0 Å². The molecule has 0 spiro atoms. The van der Waals surface area contributed by atoms with Crippen molar-refractivity contribution in [1.29, 1.82) is 0 Å². The molecule has 94 valence electrons. The molecule has 1 unspecified atom stereocenters. The first-order valence-corrected chi connectivity index (χ1v) is 6.83. The number of phenols is 1. The summed E-state index contributed by atoms with van der Waals surface area (Å²) in [7, 11) is 0. The molecule has 2 N–H and O–H groups in total. The molecule has 0 heterocycles. The molecule has 0 fully saturated rings. The molecule has 0 radical (unpaired) electrons. The van der Waals surface area contributed by atoms with Gasteiger partial charge in [-0.2, -0.15) is 0 Å². The molecule has 1 aromatic rings. The number of aryl methyl sites for hydroxylation is 1. The molecule has 0 aliphatic rings. The third kappa shape index (κ3) is 4.38. The molecule has 17 heavy (non-hydrogen) atoms. The predicted molar refractivity (Wildman–Crippen MR) is 72.8 cm³/mol. The van der Waals surface area contributed by atoms with E-state index in [1.54, 1.807) is 12.1 Å². The zero-order valence-electron chi connectivity index (χ0n) is 10.2. The van der Waals surface area contributed by atoms with Crippen LogP contribution in [0, 0.1) is 6.92 Å². The van der Waals surface area contributed by atoms with Gasteiger partial charge in [0.25, 0.3) is 5.91 Å². The fourth-order valence-electron chi connectivity index (χ4n) is 1.59. The van der Waals surface area contributed by atoms with Crippen molar-refractivity contribution in [2.45, 2.75) is 32.7 Å². The molecule has 1 rings (SSSR count). The third-order valence-electron chi connectivity index (χ3n) is 2.55. The minimum atomic E-state index is -0.218. The van der Waals surface area contributed by atoms with Gasteiger partial charge >= 0.3 is 0 Å². The smallest absolute Gasteiger partial charge is 0.255 e. The van der Waals surface area contributed by atoms with E-state index in [4.69, 9.17) is 0 Å². The zero-order chi connectivity index (χ0) is 12.8. The van der Waals surface area contributed by atoms with Crippen LogP contribution in [0.2, 0.25) is 0 Å². The van der Waals surface area contributed by atoms with Crippen LogP contribution >= 0.6 is 15.9 Å². The average Bonchev–Trinajstić information content (AvgIpc) is 2.26. The van der Waals surface area contributed by atoms with E-state index >= 15 is 0 Å². The third-order valence-corrected chi connectivity index (χ3v) is 3.11. The number of nitrogens with one attached hydrogen (secondary N) is 1. The highest BCUT2D eigenvalue weighted by Gasteiger charge is 2.13. The number of hydrogen-bond donors (Lipinski definition) is 2. The second-order valence-electron chi connectivity index (χ2n) is 4.23. The molecule has 0 saturated heterocycles. The van der Waals surface area contributed by atoms with Crippen LogP contribution in [-0.4, -0.2) is 22.4 Å². The number of alkyl halides is 1. The Morgan fingerprint density at radius 1 is 1.53 bits per heavy atom. The summed E-state index contributed by atoms with van der Waals surface area (Å²) in [6.45, 7) is 3.84. The van der Waals surface area contributed by atoms with Gasteiger partial charge in [0.2, 0.25) is 0 Å². The quantitative estimate of drug-likeness (QED) is 0.821. The molecule has 1 aromatic carbocycles. The zero-order valence-corrected chi connectivity index (χ0v) is 11.8. The second kappa shape index (κ2) is 6.64. The second-order valence-corrected chi connectivity index (χ2v) is 5.02. The first-order chi connectivity index (χ1) is 8.04. The Labute approximate surface area is 110 Å². The van der Waals surface area contributed by atoms with Gasteiger partial charge in [0, 0.05) is 11.4 Å². The van der Waals surface area contributed by atoms with Crippen LogP contribution in [0.5, 0.6) is 5.75 Å². The van der Waals surface area contributed by atoms with E-state index in [1.165, 1.54) is 0 Å². The van der Waals surface area contributed by atoms with Crippen LogP contribution < -0.4 is 5.32 Å². The first-order valence-electron chi connectivity index (χ1n) is 5.71. The molecule has 0 saturated carbocycles. The fraction of sp³-hybridized carbons (Fsp3) is 0.462. The molecular weight excluding hydrogens is 282 g/mol. The summed E-state index contributed by atoms with van der Waals surface area (Å²) in [6, 6.07) is 5.17. The fourth-order valence-corrected chi connectivity index (χ4v) is 1.91. The Morgan fingerprint density at radius 2 is 2.24 bits per heavy atom. The number of hydrogen-bond acceptors (Lipinski definition) is 2. The highest BCUT2D eigenvalue weighted by atomic mass is 79.9. The van der Waals surface area contributed by atoms with Crippen molar-refractivity contribution in [2.24, 2.45) is 0 Å². The molecule has 0 bridgehead atoms. The molecule has 0 aromatic heterocycles. The Kier molecular flexibility index (Phi) is 5.48. The molecule has 1 amide bonds. The van der Waals surface area contributed by atoms with E-state index in [-0.39, 0.29) is 17.7 Å². The molecular formula is C13H18BrNO2. The minimum absolute atomic E-state index is 0.0372. The lowest BCUT2D eigenvalue weighted by Gasteiger charge is -2.14. The van der Waals surface area contributed by atoms with E-state index in [1.807, 2.05) is 19.9 Å².